The molecular formula is C27H39NO6P-2. The summed E-state index contributed by atoms with van der Waals surface area (Å²) < 4.78 is 20.5. The van der Waals surface area contributed by atoms with Gasteiger partial charge in [-0.2, -0.15) is 0 Å². The fourth-order valence-electron chi connectivity index (χ4n) is 8.35. The average molecular weight is 505 g/mol. The molecule has 3 aliphatic rings. The first-order chi connectivity index (χ1) is 16.0. The van der Waals surface area contributed by atoms with Crippen molar-refractivity contribution in [3.05, 3.63) is 34.4 Å². The molecule has 2 N–H and O–H groups in total. The van der Waals surface area contributed by atoms with E-state index in [9.17, 15) is 19.1 Å². The van der Waals surface area contributed by atoms with Crippen molar-refractivity contribution in [3.8, 4) is 5.75 Å². The Morgan fingerprint density at radius 2 is 1.71 bits per heavy atom. The second-order valence-corrected chi connectivity index (χ2v) is 13.4. The van der Waals surface area contributed by atoms with E-state index in [1.807, 2.05) is 13.8 Å². The molecule has 0 heterocycles. The van der Waals surface area contributed by atoms with Gasteiger partial charge in [0.25, 0.3) is 0 Å². The summed E-state index contributed by atoms with van der Waals surface area (Å²) in [7, 11) is -5.27. The first-order valence-electron chi connectivity index (χ1n) is 12.7. The standard InChI is InChI=1S/C27H41NO6P/c1-15-16(2)23(34-24(29)19(28)14-33-35(30,31)32)17(3)18-13-21-26(6)11-8-10-25(4,5)20(26)9-12-27(21,7)22(15)18/h14,19-21H,8-13,28H2,1-7H3,(H2,30,31,32)/p-2/t19?,20?,21-,26+,27?/m1/s1. The van der Waals surface area contributed by atoms with E-state index in [4.69, 9.17) is 10.5 Å². The summed E-state index contributed by atoms with van der Waals surface area (Å²) in [5.74, 6) is 0.821. The lowest BCUT2D eigenvalue weighted by atomic mass is 9.43. The summed E-state index contributed by atoms with van der Waals surface area (Å²) in [5.41, 5.74) is 12.0. The number of phosphoric acid groups is 1. The van der Waals surface area contributed by atoms with Gasteiger partial charge in [0.05, 0.1) is 7.82 Å². The molecule has 1 aromatic carbocycles. The van der Waals surface area contributed by atoms with E-state index in [1.165, 1.54) is 36.8 Å². The third-order valence-corrected chi connectivity index (χ3v) is 10.3. The highest BCUT2D eigenvalue weighted by atomic mass is 31.2. The molecule has 0 aliphatic heterocycles. The third kappa shape index (κ3) is 4.31. The molecule has 0 aromatic heterocycles. The zero-order chi connectivity index (χ0) is 26.1. The Labute approximate surface area is 209 Å². The summed E-state index contributed by atoms with van der Waals surface area (Å²) in [4.78, 5) is 34.1. The lowest BCUT2D eigenvalue weighted by Crippen LogP contribution is -2.55. The summed E-state index contributed by atoms with van der Waals surface area (Å²) in [6, 6.07) is -1.50. The Hall–Kier alpha value is -1.24. The minimum absolute atomic E-state index is 0.0809. The number of rotatable bonds is 5. The maximum Gasteiger partial charge on any atom is 0.331 e. The second-order valence-electron chi connectivity index (χ2n) is 12.3. The molecule has 3 aliphatic carbocycles. The first kappa shape index (κ1) is 26.8. The zero-order valence-corrected chi connectivity index (χ0v) is 22.9. The Morgan fingerprint density at radius 1 is 1.06 bits per heavy atom. The Balaban J connectivity index is 1.69. The molecule has 2 saturated carbocycles. The normalized spacial score (nSPS) is 32.4. The third-order valence-electron chi connectivity index (χ3n) is 9.96. The first-order valence-corrected chi connectivity index (χ1v) is 14.1. The van der Waals surface area contributed by atoms with Crippen LogP contribution in [0.15, 0.2) is 0 Å². The van der Waals surface area contributed by atoms with Crippen molar-refractivity contribution in [2.24, 2.45) is 28.4 Å². The topological polar surface area (TPSA) is 125 Å². The van der Waals surface area contributed by atoms with Crippen LogP contribution >= 0.6 is 7.82 Å². The van der Waals surface area contributed by atoms with Crippen molar-refractivity contribution in [2.75, 3.05) is 0 Å². The van der Waals surface area contributed by atoms with Gasteiger partial charge in [-0.25, -0.2) is 4.79 Å². The van der Waals surface area contributed by atoms with Crippen molar-refractivity contribution in [1.29, 1.82) is 0 Å². The molecule has 1 aromatic rings. The van der Waals surface area contributed by atoms with Crippen LogP contribution in [-0.4, -0.2) is 12.0 Å². The number of benzene rings is 1. The van der Waals surface area contributed by atoms with E-state index < -0.39 is 19.8 Å². The largest absolute Gasteiger partial charge is 0.790 e. The Bertz CT molecular complexity index is 1090. The van der Waals surface area contributed by atoms with Gasteiger partial charge in [-0.3, -0.25) is 0 Å². The number of hydrogen-bond acceptors (Lipinski definition) is 7. The van der Waals surface area contributed by atoms with E-state index in [0.717, 1.165) is 29.5 Å². The van der Waals surface area contributed by atoms with Gasteiger partial charge in [-0.1, -0.05) is 34.1 Å². The van der Waals surface area contributed by atoms with E-state index in [-0.39, 0.29) is 10.8 Å². The van der Waals surface area contributed by atoms with Gasteiger partial charge in [0.15, 0.2) is 0 Å². The molecule has 0 saturated heterocycles. The van der Waals surface area contributed by atoms with Crippen LogP contribution in [0, 0.1) is 50.0 Å². The fraction of sp³-hybridized carbons (Fsp3) is 0.704. The number of hydrogen-bond donors (Lipinski definition) is 1. The molecule has 0 bridgehead atoms. The molecule has 7 nitrogen and oxygen atoms in total. The summed E-state index contributed by atoms with van der Waals surface area (Å²) in [5, 5.41) is 0. The predicted octanol–water partition coefficient (Wildman–Crippen LogP) is 3.91. The monoisotopic (exact) mass is 504 g/mol. The molecular weight excluding hydrogens is 465 g/mol. The Kier molecular flexibility index (Phi) is 6.64. The molecule has 4 rings (SSSR count). The van der Waals surface area contributed by atoms with Crippen LogP contribution in [0.5, 0.6) is 5.75 Å². The highest BCUT2D eigenvalue weighted by Crippen LogP contribution is 2.68. The van der Waals surface area contributed by atoms with Crippen molar-refractivity contribution in [3.63, 3.8) is 0 Å². The lowest BCUT2D eigenvalue weighted by molar-refractivity contribution is -0.339. The number of carbonyl (C=O) groups is 1. The van der Waals surface area contributed by atoms with Crippen LogP contribution in [0.3, 0.4) is 0 Å². The minimum Gasteiger partial charge on any atom is -0.790 e. The quantitative estimate of drug-likeness (QED) is 0.366. The zero-order valence-electron chi connectivity index (χ0n) is 22.0. The molecule has 195 valence electrons. The summed E-state index contributed by atoms with van der Waals surface area (Å²) >= 11 is 0. The van der Waals surface area contributed by atoms with Gasteiger partial charge in [0.1, 0.15) is 18.4 Å². The number of phosphoric ester groups is 1. The van der Waals surface area contributed by atoms with Gasteiger partial charge < -0.3 is 29.3 Å². The van der Waals surface area contributed by atoms with E-state index in [2.05, 4.69) is 39.1 Å². The van der Waals surface area contributed by atoms with E-state index in [1.54, 1.807) is 0 Å². The van der Waals surface area contributed by atoms with E-state index in [0.29, 0.717) is 29.6 Å². The fourth-order valence-corrected chi connectivity index (χ4v) is 8.63. The van der Waals surface area contributed by atoms with Crippen molar-refractivity contribution >= 4 is 13.8 Å². The van der Waals surface area contributed by atoms with Crippen LogP contribution in [0.2, 0.25) is 0 Å². The molecule has 2 fully saturated rings. The molecule has 8 heteroatoms. The lowest BCUT2D eigenvalue weighted by Gasteiger charge is -2.61. The minimum atomic E-state index is -5.27. The molecule has 5 atom stereocenters. The maximum absolute atomic E-state index is 12.6. The van der Waals surface area contributed by atoms with E-state index >= 15 is 0 Å². The number of nitrogens with two attached hydrogens (primary N) is 1. The van der Waals surface area contributed by atoms with Crippen LogP contribution in [0.1, 0.15) is 87.6 Å². The summed E-state index contributed by atoms with van der Waals surface area (Å²) in [6.45, 7) is 16.4. The van der Waals surface area contributed by atoms with Gasteiger partial charge in [0.2, 0.25) is 0 Å². The number of carbonyl (C=O) groups excluding carboxylic acids is 1. The molecule has 0 spiro atoms. The van der Waals surface area contributed by atoms with Gasteiger partial charge in [-0.05, 0) is 109 Å². The SMILES string of the molecule is Cc1c(C)c2c(c(C)c1OC(=O)C(N)[CH]OP(=O)([O-])[O-])C[C@H]1C2(C)CCC2C(C)(C)CCC[C@@]21C. The summed E-state index contributed by atoms with van der Waals surface area (Å²) in [6.07, 6.45) is 7.16. The smallest absolute Gasteiger partial charge is 0.331 e. The van der Waals surface area contributed by atoms with Gasteiger partial charge in [-0.15, -0.1) is 0 Å². The molecule has 35 heavy (non-hydrogen) atoms. The van der Waals surface area contributed by atoms with Crippen LogP contribution in [-0.2, 0) is 25.7 Å². The van der Waals surface area contributed by atoms with Crippen LogP contribution in [0.25, 0.3) is 0 Å². The Morgan fingerprint density at radius 3 is 2.34 bits per heavy atom. The highest BCUT2D eigenvalue weighted by molar-refractivity contribution is 7.43. The second kappa shape index (κ2) is 8.66. The highest BCUT2D eigenvalue weighted by Gasteiger charge is 2.61. The van der Waals surface area contributed by atoms with Crippen LogP contribution < -0.4 is 20.3 Å². The van der Waals surface area contributed by atoms with Gasteiger partial charge >= 0.3 is 5.97 Å². The number of fused-ring (bicyclic) bond motifs is 5. The average Bonchev–Trinajstić information content (AvgIpc) is 3.07. The maximum atomic E-state index is 12.6. The van der Waals surface area contributed by atoms with Crippen molar-refractivity contribution in [1.82, 2.24) is 0 Å². The van der Waals surface area contributed by atoms with Crippen molar-refractivity contribution < 1.29 is 28.4 Å². The molecule has 0 amide bonds. The predicted molar refractivity (Wildman–Crippen MR) is 130 cm³/mol. The molecule has 3 unspecified atom stereocenters. The number of esters is 1. The number of ether oxygens (including phenoxy) is 1. The molecule has 1 radical (unpaired) electrons. The van der Waals surface area contributed by atoms with Gasteiger partial charge in [0, 0.05) is 0 Å². The van der Waals surface area contributed by atoms with Crippen molar-refractivity contribution in [2.45, 2.75) is 98.4 Å². The van der Waals surface area contributed by atoms with Crippen LogP contribution in [0.4, 0.5) is 0 Å².